The lowest BCUT2D eigenvalue weighted by molar-refractivity contribution is -0.140. The molecule has 3 nitrogen and oxygen atoms in total. The molecule has 1 unspecified atom stereocenters. The van der Waals surface area contributed by atoms with Gasteiger partial charge in [-0.3, -0.25) is 9.59 Å². The maximum atomic E-state index is 11.1. The molecule has 1 aliphatic carbocycles. The molecule has 1 aliphatic rings. The molecule has 1 rings (SSSR count). The number of hydrogen-bond acceptors (Lipinski definition) is 2. The Bertz CT molecular complexity index is 230. The van der Waals surface area contributed by atoms with E-state index in [-0.39, 0.29) is 18.1 Å². The van der Waals surface area contributed by atoms with Gasteiger partial charge in [0, 0.05) is 5.92 Å². The summed E-state index contributed by atoms with van der Waals surface area (Å²) < 4.78 is 0. The molecule has 2 atom stereocenters. The average Bonchev–Trinajstić information content (AvgIpc) is 1.96. The van der Waals surface area contributed by atoms with Crippen molar-refractivity contribution in [1.29, 1.82) is 0 Å². The first-order chi connectivity index (χ1) is 5.59. The Morgan fingerprint density at radius 3 is 3.00 bits per heavy atom. The zero-order valence-electron chi connectivity index (χ0n) is 6.99. The first kappa shape index (κ1) is 8.97. The van der Waals surface area contributed by atoms with Crippen LogP contribution in [-0.2, 0) is 9.59 Å². The Hall–Kier alpha value is -1.12. The molecule has 0 aromatic heterocycles. The molecule has 0 bridgehead atoms. The highest BCUT2D eigenvalue weighted by Crippen LogP contribution is 2.22. The summed E-state index contributed by atoms with van der Waals surface area (Å²) in [5.74, 6) is -0.916. The van der Waals surface area contributed by atoms with Gasteiger partial charge in [0.1, 0.15) is 0 Å². The highest BCUT2D eigenvalue weighted by atomic mass is 16.4. The van der Waals surface area contributed by atoms with Crippen LogP contribution in [0, 0.1) is 11.8 Å². The average molecular weight is 168 g/mol. The summed E-state index contributed by atoms with van der Waals surface area (Å²) in [4.78, 5) is 21.5. The van der Waals surface area contributed by atoms with Crippen LogP contribution in [0.3, 0.4) is 0 Å². The fourth-order valence-corrected chi connectivity index (χ4v) is 1.43. The summed E-state index contributed by atoms with van der Waals surface area (Å²) in [7, 11) is 0. The van der Waals surface area contributed by atoms with E-state index in [1.54, 1.807) is 0 Å². The van der Waals surface area contributed by atoms with Crippen LogP contribution in [0.25, 0.3) is 0 Å². The largest absolute Gasteiger partial charge is 0.481 e. The van der Waals surface area contributed by atoms with Gasteiger partial charge in [0.25, 0.3) is 0 Å². The number of rotatable bonds is 2. The SMILES string of the molecule is C[C@@H]1C=CC(=O)C(CC(=O)O)C1. The van der Waals surface area contributed by atoms with Crippen LogP contribution in [-0.4, -0.2) is 16.9 Å². The van der Waals surface area contributed by atoms with Gasteiger partial charge in [0.15, 0.2) is 5.78 Å². The fourth-order valence-electron chi connectivity index (χ4n) is 1.43. The fraction of sp³-hybridized carbons (Fsp3) is 0.556. The van der Waals surface area contributed by atoms with Crippen LogP contribution in [0.5, 0.6) is 0 Å². The van der Waals surface area contributed by atoms with Crippen molar-refractivity contribution in [2.24, 2.45) is 11.8 Å². The van der Waals surface area contributed by atoms with Crippen LogP contribution in [0.15, 0.2) is 12.2 Å². The Morgan fingerprint density at radius 1 is 1.75 bits per heavy atom. The van der Waals surface area contributed by atoms with Crippen molar-refractivity contribution in [2.75, 3.05) is 0 Å². The molecule has 0 aromatic rings. The summed E-state index contributed by atoms with van der Waals surface area (Å²) in [5, 5.41) is 8.49. The molecule has 0 fully saturated rings. The van der Waals surface area contributed by atoms with Gasteiger partial charge in [0.2, 0.25) is 0 Å². The van der Waals surface area contributed by atoms with Crippen LogP contribution in [0.4, 0.5) is 0 Å². The zero-order valence-corrected chi connectivity index (χ0v) is 6.99. The Kier molecular flexibility index (Phi) is 2.63. The van der Waals surface area contributed by atoms with Crippen LogP contribution in [0.1, 0.15) is 19.8 Å². The number of ketones is 1. The zero-order chi connectivity index (χ0) is 9.14. The Labute approximate surface area is 71.1 Å². The molecule has 0 saturated carbocycles. The summed E-state index contributed by atoms with van der Waals surface area (Å²) in [5.41, 5.74) is 0. The van der Waals surface area contributed by atoms with Gasteiger partial charge in [0.05, 0.1) is 6.42 Å². The maximum Gasteiger partial charge on any atom is 0.304 e. The molecular weight excluding hydrogens is 156 g/mol. The minimum absolute atomic E-state index is 0.0342. The summed E-state index contributed by atoms with van der Waals surface area (Å²) >= 11 is 0. The van der Waals surface area contributed by atoms with Gasteiger partial charge in [-0.25, -0.2) is 0 Å². The number of carboxylic acid groups (broad SMARTS) is 1. The summed E-state index contributed by atoms with van der Waals surface area (Å²) in [6.07, 6.45) is 3.97. The van der Waals surface area contributed by atoms with E-state index in [1.165, 1.54) is 6.08 Å². The summed E-state index contributed by atoms with van der Waals surface area (Å²) in [6, 6.07) is 0. The summed E-state index contributed by atoms with van der Waals surface area (Å²) in [6.45, 7) is 1.98. The van der Waals surface area contributed by atoms with E-state index in [0.717, 1.165) is 0 Å². The lowest BCUT2D eigenvalue weighted by atomic mass is 9.85. The third-order valence-electron chi connectivity index (χ3n) is 2.07. The van der Waals surface area contributed by atoms with Crippen molar-refractivity contribution >= 4 is 11.8 Å². The molecule has 0 spiro atoms. The second-order valence-corrected chi connectivity index (χ2v) is 3.27. The molecule has 1 N–H and O–H groups in total. The van der Waals surface area contributed by atoms with Crippen molar-refractivity contribution in [3.63, 3.8) is 0 Å². The number of allylic oxidation sites excluding steroid dienone is 2. The normalized spacial score (nSPS) is 28.9. The van der Waals surface area contributed by atoms with E-state index in [4.69, 9.17) is 5.11 Å². The third-order valence-corrected chi connectivity index (χ3v) is 2.07. The first-order valence-corrected chi connectivity index (χ1v) is 4.03. The molecule has 0 radical (unpaired) electrons. The smallest absolute Gasteiger partial charge is 0.304 e. The standard InChI is InChI=1S/C9H12O3/c1-6-2-3-8(10)7(4-6)5-9(11)12/h2-3,6-7H,4-5H2,1H3,(H,11,12)/t6-,7?/m1/s1. The highest BCUT2D eigenvalue weighted by Gasteiger charge is 2.24. The van der Waals surface area contributed by atoms with Crippen molar-refractivity contribution in [1.82, 2.24) is 0 Å². The van der Waals surface area contributed by atoms with Crippen molar-refractivity contribution in [3.05, 3.63) is 12.2 Å². The molecule has 3 heteroatoms. The van der Waals surface area contributed by atoms with Gasteiger partial charge in [-0.1, -0.05) is 13.0 Å². The van der Waals surface area contributed by atoms with Crippen molar-refractivity contribution < 1.29 is 14.7 Å². The van der Waals surface area contributed by atoms with E-state index >= 15 is 0 Å². The van der Waals surface area contributed by atoms with Gasteiger partial charge in [-0.2, -0.15) is 0 Å². The molecule has 0 heterocycles. The number of carboxylic acids is 1. The van der Waals surface area contributed by atoms with Gasteiger partial charge in [-0.05, 0) is 18.4 Å². The van der Waals surface area contributed by atoms with Gasteiger partial charge < -0.3 is 5.11 Å². The quantitative estimate of drug-likeness (QED) is 0.675. The minimum Gasteiger partial charge on any atom is -0.481 e. The van der Waals surface area contributed by atoms with E-state index in [9.17, 15) is 9.59 Å². The maximum absolute atomic E-state index is 11.1. The number of carbonyl (C=O) groups excluding carboxylic acids is 1. The monoisotopic (exact) mass is 168 g/mol. The predicted molar refractivity (Wildman–Crippen MR) is 43.7 cm³/mol. The molecule has 0 saturated heterocycles. The van der Waals surface area contributed by atoms with E-state index < -0.39 is 5.97 Å². The molecule has 0 aliphatic heterocycles. The molecule has 0 amide bonds. The molecule has 0 aromatic carbocycles. The predicted octanol–water partition coefficient (Wildman–Crippen LogP) is 1.24. The van der Waals surface area contributed by atoms with Crippen molar-refractivity contribution in [2.45, 2.75) is 19.8 Å². The third kappa shape index (κ3) is 2.19. The Balaban J connectivity index is 2.60. The number of aliphatic carboxylic acids is 1. The number of carbonyl (C=O) groups is 2. The lowest BCUT2D eigenvalue weighted by Crippen LogP contribution is -2.22. The van der Waals surface area contributed by atoms with Crippen LogP contribution < -0.4 is 0 Å². The van der Waals surface area contributed by atoms with Crippen LogP contribution >= 0.6 is 0 Å². The topological polar surface area (TPSA) is 54.4 Å². The lowest BCUT2D eigenvalue weighted by Gasteiger charge is -2.18. The molecular formula is C9H12O3. The van der Waals surface area contributed by atoms with Gasteiger partial charge in [-0.15, -0.1) is 0 Å². The minimum atomic E-state index is -0.893. The second kappa shape index (κ2) is 3.52. The van der Waals surface area contributed by atoms with E-state index in [1.807, 2.05) is 13.0 Å². The highest BCUT2D eigenvalue weighted by molar-refractivity contribution is 5.94. The number of hydrogen-bond donors (Lipinski definition) is 1. The van der Waals surface area contributed by atoms with Gasteiger partial charge >= 0.3 is 5.97 Å². The molecule has 66 valence electrons. The van der Waals surface area contributed by atoms with E-state index in [0.29, 0.717) is 12.3 Å². The molecule has 12 heavy (non-hydrogen) atoms. The van der Waals surface area contributed by atoms with Crippen LogP contribution in [0.2, 0.25) is 0 Å². The first-order valence-electron chi connectivity index (χ1n) is 4.03. The second-order valence-electron chi connectivity index (χ2n) is 3.27. The Morgan fingerprint density at radius 2 is 2.42 bits per heavy atom. The van der Waals surface area contributed by atoms with Crippen molar-refractivity contribution in [3.8, 4) is 0 Å². The van der Waals surface area contributed by atoms with E-state index in [2.05, 4.69) is 0 Å².